The average Bonchev–Trinajstić information content (AvgIpc) is 3.19. The molecule has 3 aromatic rings. The van der Waals surface area contributed by atoms with Gasteiger partial charge in [0.15, 0.2) is 0 Å². The summed E-state index contributed by atoms with van der Waals surface area (Å²) in [5.74, 6) is -0.418. The second-order valence-corrected chi connectivity index (χ2v) is 6.54. The van der Waals surface area contributed by atoms with Crippen LogP contribution in [0, 0.1) is 0 Å². The number of hydrogen-bond acceptors (Lipinski definition) is 2. The lowest BCUT2D eigenvalue weighted by Gasteiger charge is -2.17. The number of rotatable bonds is 2. The van der Waals surface area contributed by atoms with Crippen molar-refractivity contribution in [1.29, 1.82) is 0 Å². The SMILES string of the molecule is O=C1C=CC(=O)N1c1ccc(C2c3ccccc3-c3ccccc32)cc1. The minimum absolute atomic E-state index is 0.166. The van der Waals surface area contributed by atoms with Crippen LogP contribution in [0.15, 0.2) is 84.9 Å². The average molecular weight is 337 g/mol. The summed E-state index contributed by atoms with van der Waals surface area (Å²) < 4.78 is 0. The van der Waals surface area contributed by atoms with Crippen LogP contribution in [0.1, 0.15) is 22.6 Å². The third-order valence-electron chi connectivity index (χ3n) is 5.13. The molecule has 5 rings (SSSR count). The molecule has 3 heteroatoms. The number of nitrogens with zero attached hydrogens (tertiary/aromatic N) is 1. The summed E-state index contributed by atoms with van der Waals surface area (Å²) in [5, 5.41) is 0. The zero-order valence-corrected chi connectivity index (χ0v) is 13.9. The molecule has 0 unspecified atom stereocenters. The number of benzene rings is 3. The Morgan fingerprint density at radius 3 is 1.65 bits per heavy atom. The van der Waals surface area contributed by atoms with Gasteiger partial charge in [-0.1, -0.05) is 60.7 Å². The minimum atomic E-state index is -0.292. The number of amides is 2. The van der Waals surface area contributed by atoms with Gasteiger partial charge in [-0.25, -0.2) is 4.90 Å². The van der Waals surface area contributed by atoms with E-state index in [0.717, 1.165) is 5.56 Å². The van der Waals surface area contributed by atoms with Crippen molar-refractivity contribution in [2.45, 2.75) is 5.92 Å². The van der Waals surface area contributed by atoms with E-state index < -0.39 is 0 Å². The quantitative estimate of drug-likeness (QED) is 0.512. The first kappa shape index (κ1) is 14.8. The molecule has 124 valence electrons. The normalized spacial score (nSPS) is 15.5. The Morgan fingerprint density at radius 2 is 1.12 bits per heavy atom. The highest BCUT2D eigenvalue weighted by molar-refractivity contribution is 6.28. The van der Waals surface area contributed by atoms with E-state index in [1.54, 1.807) is 0 Å². The van der Waals surface area contributed by atoms with Crippen LogP contribution in [0.5, 0.6) is 0 Å². The molecule has 0 N–H and O–H groups in total. The maximum atomic E-state index is 11.9. The zero-order chi connectivity index (χ0) is 17.7. The Bertz CT molecular complexity index is 1020. The highest BCUT2D eigenvalue weighted by Crippen LogP contribution is 2.47. The van der Waals surface area contributed by atoms with Crippen LogP contribution in [-0.2, 0) is 9.59 Å². The van der Waals surface area contributed by atoms with Gasteiger partial charge in [0.1, 0.15) is 0 Å². The van der Waals surface area contributed by atoms with E-state index in [9.17, 15) is 9.59 Å². The third-order valence-corrected chi connectivity index (χ3v) is 5.13. The first-order valence-corrected chi connectivity index (χ1v) is 8.58. The predicted octanol–water partition coefficient (Wildman–Crippen LogP) is 4.28. The molecule has 0 spiro atoms. The van der Waals surface area contributed by atoms with Crippen molar-refractivity contribution in [3.63, 3.8) is 0 Å². The molecule has 3 aromatic carbocycles. The largest absolute Gasteiger partial charge is 0.269 e. The van der Waals surface area contributed by atoms with Crippen LogP contribution in [-0.4, -0.2) is 11.8 Å². The maximum Gasteiger partial charge on any atom is 0.258 e. The second kappa shape index (κ2) is 5.53. The van der Waals surface area contributed by atoms with Gasteiger partial charge < -0.3 is 0 Å². The molecular formula is C23H15NO2. The Balaban J connectivity index is 1.59. The van der Waals surface area contributed by atoms with Gasteiger partial charge in [-0.05, 0) is 39.9 Å². The van der Waals surface area contributed by atoms with Crippen LogP contribution < -0.4 is 4.90 Å². The maximum absolute atomic E-state index is 11.9. The fraction of sp³-hybridized carbons (Fsp3) is 0.0435. The smallest absolute Gasteiger partial charge is 0.258 e. The summed E-state index contributed by atoms with van der Waals surface area (Å²) in [7, 11) is 0. The van der Waals surface area contributed by atoms with Crippen LogP contribution in [0.25, 0.3) is 11.1 Å². The van der Waals surface area contributed by atoms with E-state index in [0.29, 0.717) is 5.69 Å². The topological polar surface area (TPSA) is 37.4 Å². The van der Waals surface area contributed by atoms with Crippen LogP contribution in [0.4, 0.5) is 5.69 Å². The molecule has 1 heterocycles. The number of carbonyl (C=O) groups is 2. The lowest BCUT2D eigenvalue weighted by Crippen LogP contribution is -2.29. The lowest BCUT2D eigenvalue weighted by molar-refractivity contribution is -0.119. The van der Waals surface area contributed by atoms with Crippen molar-refractivity contribution >= 4 is 17.5 Å². The van der Waals surface area contributed by atoms with E-state index in [4.69, 9.17) is 0 Å². The van der Waals surface area contributed by atoms with Crippen LogP contribution in [0.2, 0.25) is 0 Å². The monoisotopic (exact) mass is 337 g/mol. The Hall–Kier alpha value is -3.46. The van der Waals surface area contributed by atoms with Crippen LogP contribution in [0.3, 0.4) is 0 Å². The van der Waals surface area contributed by atoms with Gasteiger partial charge in [-0.2, -0.15) is 0 Å². The summed E-state index contributed by atoms with van der Waals surface area (Å²) in [5.41, 5.74) is 6.87. The molecule has 3 nitrogen and oxygen atoms in total. The molecular weight excluding hydrogens is 322 g/mol. The number of imide groups is 1. The van der Waals surface area contributed by atoms with E-state index in [1.807, 2.05) is 24.3 Å². The fourth-order valence-corrected chi connectivity index (χ4v) is 3.99. The standard InChI is InChI=1S/C23H15NO2/c25-21-13-14-22(26)24(21)16-11-9-15(10-12-16)23-19-7-3-1-5-17(19)18-6-2-4-8-20(18)23/h1-14,23H. The summed E-state index contributed by atoms with van der Waals surface area (Å²) in [6.07, 6.45) is 2.61. The zero-order valence-electron chi connectivity index (χ0n) is 13.9. The van der Waals surface area contributed by atoms with E-state index in [2.05, 4.69) is 48.5 Å². The first-order chi connectivity index (χ1) is 12.7. The first-order valence-electron chi connectivity index (χ1n) is 8.58. The van der Waals surface area contributed by atoms with Gasteiger partial charge in [0.05, 0.1) is 5.69 Å². The Morgan fingerprint density at radius 1 is 0.615 bits per heavy atom. The van der Waals surface area contributed by atoms with Gasteiger partial charge in [-0.15, -0.1) is 0 Å². The Kier molecular flexibility index (Phi) is 3.16. The van der Waals surface area contributed by atoms with Gasteiger partial charge in [0.2, 0.25) is 0 Å². The van der Waals surface area contributed by atoms with Crippen molar-refractivity contribution in [2.75, 3.05) is 4.90 Å². The van der Waals surface area contributed by atoms with Crippen molar-refractivity contribution in [3.05, 3.63) is 102 Å². The Labute approximate surface area is 151 Å². The molecule has 0 radical (unpaired) electrons. The van der Waals surface area contributed by atoms with Gasteiger partial charge in [-0.3, -0.25) is 9.59 Å². The van der Waals surface area contributed by atoms with Gasteiger partial charge >= 0.3 is 0 Å². The van der Waals surface area contributed by atoms with Crippen molar-refractivity contribution in [2.24, 2.45) is 0 Å². The number of anilines is 1. The molecule has 2 amide bonds. The number of carbonyl (C=O) groups excluding carboxylic acids is 2. The highest BCUT2D eigenvalue weighted by atomic mass is 16.2. The number of hydrogen-bond donors (Lipinski definition) is 0. The number of fused-ring (bicyclic) bond motifs is 3. The molecule has 26 heavy (non-hydrogen) atoms. The second-order valence-electron chi connectivity index (χ2n) is 6.54. The molecule has 0 saturated heterocycles. The summed E-state index contributed by atoms with van der Waals surface area (Å²) in [6.45, 7) is 0. The highest BCUT2D eigenvalue weighted by Gasteiger charge is 2.30. The van der Waals surface area contributed by atoms with Crippen molar-refractivity contribution in [1.82, 2.24) is 0 Å². The molecule has 1 aliphatic carbocycles. The van der Waals surface area contributed by atoms with E-state index >= 15 is 0 Å². The van der Waals surface area contributed by atoms with E-state index in [1.165, 1.54) is 39.3 Å². The fourth-order valence-electron chi connectivity index (χ4n) is 3.99. The summed E-state index contributed by atoms with van der Waals surface area (Å²) in [4.78, 5) is 24.9. The minimum Gasteiger partial charge on any atom is -0.269 e. The molecule has 0 fully saturated rings. The third kappa shape index (κ3) is 2.07. The molecule has 1 aliphatic heterocycles. The molecule has 0 saturated carbocycles. The van der Waals surface area contributed by atoms with E-state index in [-0.39, 0.29) is 17.7 Å². The van der Waals surface area contributed by atoms with Crippen molar-refractivity contribution < 1.29 is 9.59 Å². The lowest BCUT2D eigenvalue weighted by atomic mass is 9.89. The molecule has 0 atom stereocenters. The summed E-state index contributed by atoms with van der Waals surface area (Å²) in [6, 6.07) is 24.7. The van der Waals surface area contributed by atoms with Gasteiger partial charge in [0, 0.05) is 18.1 Å². The summed E-state index contributed by atoms with van der Waals surface area (Å²) >= 11 is 0. The van der Waals surface area contributed by atoms with Crippen molar-refractivity contribution in [3.8, 4) is 11.1 Å². The molecule has 0 bridgehead atoms. The molecule has 0 aromatic heterocycles. The van der Waals surface area contributed by atoms with Gasteiger partial charge in [0.25, 0.3) is 11.8 Å². The predicted molar refractivity (Wildman–Crippen MR) is 101 cm³/mol. The van der Waals surface area contributed by atoms with Crippen LogP contribution >= 0.6 is 0 Å². The molecule has 2 aliphatic rings.